The van der Waals surface area contributed by atoms with Crippen molar-refractivity contribution in [2.45, 2.75) is 11.1 Å². The highest BCUT2D eigenvalue weighted by Gasteiger charge is 2.29. The van der Waals surface area contributed by atoms with Crippen molar-refractivity contribution in [1.29, 1.82) is 0 Å². The first-order chi connectivity index (χ1) is 9.18. The van der Waals surface area contributed by atoms with Gasteiger partial charge in [0.1, 0.15) is 0 Å². The summed E-state index contributed by atoms with van der Waals surface area (Å²) in [5, 5.41) is 0. The van der Waals surface area contributed by atoms with Gasteiger partial charge in [-0.15, -0.1) is 0 Å². The second kappa shape index (κ2) is 4.94. The van der Waals surface area contributed by atoms with E-state index in [4.69, 9.17) is 0 Å². The van der Waals surface area contributed by atoms with Crippen molar-refractivity contribution in [3.05, 3.63) is 54.1 Å². The monoisotopic (exact) mass is 299 g/mol. The van der Waals surface area contributed by atoms with Crippen molar-refractivity contribution in [2.75, 3.05) is 6.26 Å². The fraction of sp³-hybridized carbons (Fsp3) is 0.143. The highest BCUT2D eigenvalue weighted by atomic mass is 32.2. The van der Waals surface area contributed by atoms with Gasteiger partial charge in [0, 0.05) is 6.26 Å². The predicted octanol–water partition coefficient (Wildman–Crippen LogP) is 3.58. The van der Waals surface area contributed by atoms with Gasteiger partial charge >= 0.3 is 6.18 Å². The molecule has 6 heteroatoms. The number of alkyl halides is 3. The Morgan fingerprint density at radius 3 is 2.15 bits per heavy atom. The minimum Gasteiger partial charge on any atom is -0.224 e. The number of hydrogen-bond acceptors (Lipinski definition) is 2. The maximum Gasteiger partial charge on any atom is 0.416 e. The lowest BCUT2D eigenvalue weighted by atomic mass is 10.0. The predicted molar refractivity (Wildman–Crippen MR) is 68.8 cm³/mol. The first kappa shape index (κ1) is 14.6. The molecule has 0 fully saturated rings. The van der Waals surface area contributed by atoms with Crippen LogP contribution in [0.1, 0.15) is 5.56 Å². The zero-order valence-electron chi connectivity index (χ0n) is 10.4. The zero-order chi connectivity index (χ0) is 15.0. The van der Waals surface area contributed by atoms with Gasteiger partial charge in [-0.1, -0.05) is 18.2 Å². The molecule has 0 unspecified atom stereocenters. The first-order valence-electron chi connectivity index (χ1n) is 5.57. The summed E-state index contributed by atoms with van der Waals surface area (Å²) in [6, 6.07) is 11.5. The van der Waals surface area contributed by atoms with E-state index >= 15 is 0 Å². The average Bonchev–Trinajstić information content (AvgIpc) is 2.37. The van der Waals surface area contributed by atoms with E-state index in [1.165, 1.54) is 30.3 Å². The van der Waals surface area contributed by atoms with E-state index in [0.717, 1.165) is 18.4 Å². The van der Waals surface area contributed by atoms with Crippen LogP contribution in [0.2, 0.25) is 0 Å². The van der Waals surface area contributed by atoms with Gasteiger partial charge in [0.25, 0.3) is 0 Å². The fourth-order valence-corrected chi connectivity index (χ4v) is 2.33. The largest absolute Gasteiger partial charge is 0.416 e. The van der Waals surface area contributed by atoms with Crippen LogP contribution in [0.25, 0.3) is 11.1 Å². The molecule has 0 spiro atoms. The van der Waals surface area contributed by atoms with E-state index < -0.39 is 21.6 Å². The molecule has 2 aromatic carbocycles. The molecule has 2 rings (SSSR count). The number of halogens is 3. The molecule has 0 heterocycles. The highest BCUT2D eigenvalue weighted by Crippen LogP contribution is 2.31. The summed E-state index contributed by atoms with van der Waals surface area (Å²) in [6.07, 6.45) is -3.32. The van der Waals surface area contributed by atoms with Crippen molar-refractivity contribution in [3.63, 3.8) is 0 Å². The molecule has 0 atom stereocenters. The van der Waals surface area contributed by atoms with Crippen LogP contribution in [0.15, 0.2) is 47.4 Å². The van der Waals surface area contributed by atoms with Crippen molar-refractivity contribution >= 4 is 9.84 Å². The van der Waals surface area contributed by atoms with Gasteiger partial charge in [-0.3, -0.25) is 0 Å². The fourth-order valence-electron chi connectivity index (χ4n) is 1.68. The molecule has 0 N–H and O–H groups in total. The molecule has 105 valence electrons. The van der Waals surface area contributed by atoms with Crippen molar-refractivity contribution in [1.82, 2.24) is 0 Å². The molecule has 0 saturated heterocycles. The molecule has 0 aromatic heterocycles. The first-order valence-corrected chi connectivity index (χ1v) is 7.46. The Balaban J connectivity index is 2.43. The Hall–Kier alpha value is -1.82. The van der Waals surface area contributed by atoms with Crippen molar-refractivity contribution < 1.29 is 21.6 Å². The van der Waals surface area contributed by atoms with Gasteiger partial charge in [0.05, 0.1) is 10.5 Å². The number of rotatable bonds is 2. The Morgan fingerprint density at radius 2 is 1.65 bits per heavy atom. The third kappa shape index (κ3) is 3.19. The van der Waals surface area contributed by atoms with Crippen LogP contribution in [-0.4, -0.2) is 14.7 Å². The molecule has 0 aliphatic rings. The highest BCUT2D eigenvalue weighted by molar-refractivity contribution is 7.90. The molecular formula is C14H10F3O2S. The van der Waals surface area contributed by atoms with Crippen LogP contribution in [-0.2, 0) is 16.0 Å². The van der Waals surface area contributed by atoms with Gasteiger partial charge in [-0.05, 0) is 41.5 Å². The van der Waals surface area contributed by atoms with E-state index in [1.807, 2.05) is 0 Å². The Labute approximate surface area is 114 Å². The molecule has 1 radical (unpaired) electrons. The summed E-state index contributed by atoms with van der Waals surface area (Å²) in [5.41, 5.74) is 0.158. The Bertz CT molecular complexity index is 717. The molecule has 0 bridgehead atoms. The smallest absolute Gasteiger partial charge is 0.224 e. The standard InChI is InChI=1S/C14H10F3O2S/c1-20(18,19)13-4-2-3-11(9-13)10-5-7-12(8-6-10)14(15,16)17/h2,4-9H,1H3. The van der Waals surface area contributed by atoms with Crippen LogP contribution >= 0.6 is 0 Å². The van der Waals surface area contributed by atoms with Crippen molar-refractivity contribution in [3.8, 4) is 11.1 Å². The van der Waals surface area contributed by atoms with Crippen LogP contribution in [0.5, 0.6) is 0 Å². The Morgan fingerprint density at radius 1 is 1.05 bits per heavy atom. The summed E-state index contributed by atoms with van der Waals surface area (Å²) in [4.78, 5) is 0.103. The van der Waals surface area contributed by atoms with E-state index in [0.29, 0.717) is 11.1 Å². The second-order valence-corrected chi connectivity index (χ2v) is 6.30. The maximum absolute atomic E-state index is 12.5. The minimum absolute atomic E-state index is 0.103. The van der Waals surface area contributed by atoms with E-state index in [9.17, 15) is 21.6 Å². The molecule has 0 aliphatic heterocycles. The zero-order valence-corrected chi connectivity index (χ0v) is 11.2. The summed E-state index contributed by atoms with van der Waals surface area (Å²) in [6.45, 7) is 0. The molecule has 0 saturated carbocycles. The lowest BCUT2D eigenvalue weighted by Crippen LogP contribution is -2.04. The summed E-state index contributed by atoms with van der Waals surface area (Å²) < 4.78 is 60.2. The van der Waals surface area contributed by atoms with Gasteiger partial charge in [-0.25, -0.2) is 8.42 Å². The number of hydrogen-bond donors (Lipinski definition) is 0. The Kier molecular flexibility index (Phi) is 3.60. The summed E-state index contributed by atoms with van der Waals surface area (Å²) >= 11 is 0. The molecule has 2 nitrogen and oxygen atoms in total. The third-order valence-corrected chi connectivity index (χ3v) is 3.83. The molecule has 20 heavy (non-hydrogen) atoms. The minimum atomic E-state index is -4.39. The number of sulfone groups is 1. The normalized spacial score (nSPS) is 12.4. The average molecular weight is 299 g/mol. The second-order valence-electron chi connectivity index (χ2n) is 4.29. The molecule has 0 aliphatic carbocycles. The van der Waals surface area contributed by atoms with Crippen LogP contribution < -0.4 is 0 Å². The van der Waals surface area contributed by atoms with Gasteiger partial charge in [0.2, 0.25) is 0 Å². The van der Waals surface area contributed by atoms with Gasteiger partial charge in [-0.2, -0.15) is 13.2 Å². The van der Waals surface area contributed by atoms with Gasteiger partial charge < -0.3 is 0 Å². The van der Waals surface area contributed by atoms with Gasteiger partial charge in [0.15, 0.2) is 9.84 Å². The topological polar surface area (TPSA) is 34.1 Å². The lowest BCUT2D eigenvalue weighted by molar-refractivity contribution is -0.137. The lowest BCUT2D eigenvalue weighted by Gasteiger charge is -2.08. The van der Waals surface area contributed by atoms with E-state index in [2.05, 4.69) is 6.07 Å². The summed E-state index contributed by atoms with van der Waals surface area (Å²) in [5.74, 6) is 0. The summed E-state index contributed by atoms with van der Waals surface area (Å²) in [7, 11) is -3.36. The molecule has 2 aromatic rings. The maximum atomic E-state index is 12.5. The van der Waals surface area contributed by atoms with Crippen LogP contribution in [0, 0.1) is 6.07 Å². The van der Waals surface area contributed by atoms with Crippen LogP contribution in [0.4, 0.5) is 13.2 Å². The van der Waals surface area contributed by atoms with E-state index in [-0.39, 0.29) is 4.90 Å². The van der Waals surface area contributed by atoms with E-state index in [1.54, 1.807) is 0 Å². The quantitative estimate of drug-likeness (QED) is 0.849. The molecular weight excluding hydrogens is 289 g/mol. The molecule has 0 amide bonds. The third-order valence-electron chi connectivity index (χ3n) is 2.72. The number of benzene rings is 2. The van der Waals surface area contributed by atoms with Crippen molar-refractivity contribution in [2.24, 2.45) is 0 Å². The van der Waals surface area contributed by atoms with Crippen LogP contribution in [0.3, 0.4) is 0 Å². The SMILES string of the molecule is CS(=O)(=O)c1cc[c]c(-c2ccc(C(F)(F)F)cc2)c1.